The molecule has 0 saturated carbocycles. The van der Waals surface area contributed by atoms with Crippen LogP contribution in [0.5, 0.6) is 0 Å². The molecule has 4 nitrogen and oxygen atoms in total. The van der Waals surface area contributed by atoms with Crippen molar-refractivity contribution in [3.8, 4) is 0 Å². The van der Waals surface area contributed by atoms with Gasteiger partial charge in [0.1, 0.15) is 0 Å². The zero-order chi connectivity index (χ0) is 6.83. The second-order valence-electron chi connectivity index (χ2n) is 0.727. The fourth-order valence-electron chi connectivity index (χ4n) is 0. The fourth-order valence-corrected chi connectivity index (χ4v) is 0. The number of rotatable bonds is 0. The average molecular weight is 383 g/mol. The van der Waals surface area contributed by atoms with Gasteiger partial charge in [0.25, 0.3) is 0 Å². The van der Waals surface area contributed by atoms with E-state index in [1.165, 1.54) is 12.4 Å². The van der Waals surface area contributed by atoms with Crippen LogP contribution in [-0.4, -0.2) is 12.4 Å². The number of nitrogens with zero attached hydrogens (tertiary/aromatic N) is 2. The van der Waals surface area contributed by atoms with E-state index < -0.39 is 0 Å². The van der Waals surface area contributed by atoms with Crippen LogP contribution in [0.1, 0.15) is 13.8 Å². The molecule has 0 aromatic rings. The quantitative estimate of drug-likeness (QED) is 0.465. The monoisotopic (exact) mass is 383 g/mol. The van der Waals surface area contributed by atoms with Crippen LogP contribution < -0.4 is 0 Å². The van der Waals surface area contributed by atoms with Crippen molar-refractivity contribution < 1.29 is 98.1 Å². The maximum atomic E-state index is 8.87. The van der Waals surface area contributed by atoms with E-state index in [2.05, 4.69) is 10.3 Å². The molecule has 57 valence electrons. The topological polar surface area (TPSA) is 70.8 Å². The molecule has 0 spiro atoms. The van der Waals surface area contributed by atoms with Crippen molar-refractivity contribution in [2.45, 2.75) is 13.8 Å². The Morgan fingerprint density at radius 2 is 0.909 bits per heavy atom. The Morgan fingerprint density at radius 3 is 0.909 bits per heavy atom. The molecule has 0 saturated heterocycles. The van der Waals surface area contributed by atoms with E-state index >= 15 is 0 Å². The summed E-state index contributed by atoms with van der Waals surface area (Å²) in [6.45, 7) is 3.15. The van der Waals surface area contributed by atoms with Gasteiger partial charge in [0.2, 0.25) is 0 Å². The van der Waals surface area contributed by atoms with Crippen LogP contribution in [0.15, 0.2) is 10.3 Å². The summed E-state index contributed by atoms with van der Waals surface area (Å²) in [5, 5.41) is 22.5. The standard InChI is InChI=1S/2C2H5NO.3Y/c2*1-2-3-4;;;/h2*2,4H,1H3;;;/p-2/b2*3-2+;;;. The zero-order valence-corrected chi connectivity index (χ0v) is 15.1. The van der Waals surface area contributed by atoms with Crippen LogP contribution in [0, 0.1) is 10.4 Å². The van der Waals surface area contributed by atoms with E-state index in [0.29, 0.717) is 0 Å². The van der Waals surface area contributed by atoms with Crippen molar-refractivity contribution in [2.24, 2.45) is 10.3 Å². The first-order valence-electron chi connectivity index (χ1n) is 2.04. The van der Waals surface area contributed by atoms with Crippen LogP contribution in [0.2, 0.25) is 0 Å². The summed E-state index contributed by atoms with van der Waals surface area (Å²) in [7, 11) is 0. The maximum Gasteiger partial charge on any atom is 0 e. The molecule has 3 radical (unpaired) electrons. The summed E-state index contributed by atoms with van der Waals surface area (Å²) >= 11 is 0. The second kappa shape index (κ2) is 39.7. The molecule has 11 heavy (non-hydrogen) atoms. The summed E-state index contributed by atoms with van der Waals surface area (Å²) in [6, 6.07) is 0. The Kier molecular flexibility index (Phi) is 105. The molecule has 0 atom stereocenters. The van der Waals surface area contributed by atoms with Crippen molar-refractivity contribution in [3.05, 3.63) is 10.4 Å². The van der Waals surface area contributed by atoms with Gasteiger partial charge in [0.05, 0.1) is 0 Å². The molecule has 0 N–H and O–H groups in total. The Bertz CT molecular complexity index is 61.7. The van der Waals surface area contributed by atoms with Gasteiger partial charge in [-0.15, -0.1) is 0 Å². The predicted octanol–water partition coefficient (Wildman–Crippen LogP) is 1.14. The summed E-state index contributed by atoms with van der Waals surface area (Å²) in [6.07, 6.45) is 2.39. The van der Waals surface area contributed by atoms with Crippen molar-refractivity contribution in [3.63, 3.8) is 0 Å². The van der Waals surface area contributed by atoms with Gasteiger partial charge in [0, 0.05) is 98.1 Å². The van der Waals surface area contributed by atoms with Crippen molar-refractivity contribution in [1.29, 1.82) is 0 Å². The first-order valence-corrected chi connectivity index (χ1v) is 2.04. The second-order valence-corrected chi connectivity index (χ2v) is 0.727. The van der Waals surface area contributed by atoms with Crippen molar-refractivity contribution in [2.75, 3.05) is 0 Å². The smallest absolute Gasteiger partial charge is 0 e. The molecule has 0 aliphatic heterocycles. The van der Waals surface area contributed by atoms with Gasteiger partial charge in [-0.05, 0) is 26.3 Å². The van der Waals surface area contributed by atoms with Crippen LogP contribution in [-0.2, 0) is 98.1 Å². The summed E-state index contributed by atoms with van der Waals surface area (Å²) in [5.41, 5.74) is 0. The molecule has 0 unspecified atom stereocenters. The van der Waals surface area contributed by atoms with Crippen LogP contribution in [0.3, 0.4) is 0 Å². The summed E-state index contributed by atoms with van der Waals surface area (Å²) < 4.78 is 0. The molecular weight excluding hydrogens is 375 g/mol. The predicted molar refractivity (Wildman–Crippen MR) is 35.1 cm³/mol. The number of hydrogen-bond donors (Lipinski definition) is 0. The van der Waals surface area contributed by atoms with Gasteiger partial charge in [-0.3, -0.25) is 0 Å². The van der Waals surface area contributed by atoms with Gasteiger partial charge >= 0.3 is 0 Å². The molecule has 0 rings (SSSR count). The Morgan fingerprint density at radius 1 is 0.818 bits per heavy atom. The normalized spacial score (nSPS) is 6.73. The Hall–Kier alpha value is 2.25. The minimum Gasteiger partial charge on any atom is -0.792 e. The van der Waals surface area contributed by atoms with E-state index in [1.54, 1.807) is 13.8 Å². The van der Waals surface area contributed by atoms with Gasteiger partial charge < -0.3 is 20.7 Å². The third-order valence-electron chi connectivity index (χ3n) is 0.211. The van der Waals surface area contributed by atoms with E-state index in [-0.39, 0.29) is 98.1 Å². The Labute approximate surface area is 142 Å². The summed E-state index contributed by atoms with van der Waals surface area (Å²) in [5.74, 6) is 0. The van der Waals surface area contributed by atoms with E-state index in [1.807, 2.05) is 0 Å². The number of hydrogen-bond acceptors (Lipinski definition) is 4. The molecule has 0 aliphatic rings. The molecule has 0 heterocycles. The molecule has 0 aromatic carbocycles. The first-order chi connectivity index (χ1) is 3.83. The average Bonchev–Trinajstić information content (AvgIpc) is 1.88. The molecule has 0 aliphatic carbocycles. The molecule has 7 heteroatoms. The van der Waals surface area contributed by atoms with E-state index in [0.717, 1.165) is 0 Å². The van der Waals surface area contributed by atoms with E-state index in [9.17, 15) is 0 Å². The van der Waals surface area contributed by atoms with Gasteiger partial charge in [-0.2, -0.15) is 0 Å². The minimum absolute atomic E-state index is 0. The van der Waals surface area contributed by atoms with E-state index in [4.69, 9.17) is 10.4 Å². The maximum absolute atomic E-state index is 8.87. The molecule has 0 fully saturated rings. The third-order valence-corrected chi connectivity index (χ3v) is 0.211. The summed E-state index contributed by atoms with van der Waals surface area (Å²) in [4.78, 5) is 0. The first kappa shape index (κ1) is 29.2. The van der Waals surface area contributed by atoms with Crippen molar-refractivity contribution >= 4 is 12.4 Å². The van der Waals surface area contributed by atoms with Gasteiger partial charge in [-0.1, -0.05) is 0 Å². The molecule has 0 amide bonds. The van der Waals surface area contributed by atoms with Crippen molar-refractivity contribution in [1.82, 2.24) is 0 Å². The zero-order valence-electron chi connectivity index (χ0n) is 6.60. The fraction of sp³-hybridized carbons (Fsp3) is 0.500. The van der Waals surface area contributed by atoms with Crippen LogP contribution in [0.4, 0.5) is 0 Å². The SMILES string of the molecule is C/C=N/[O-].C/C=N/[O-].[Y].[Y].[Y]. The molecule has 0 bridgehead atoms. The van der Waals surface area contributed by atoms with Gasteiger partial charge in [0.15, 0.2) is 0 Å². The molecule has 0 aromatic heterocycles. The largest absolute Gasteiger partial charge is 0.792 e. The Balaban J connectivity index is -0.0000000171. The van der Waals surface area contributed by atoms with Gasteiger partial charge in [-0.25, -0.2) is 0 Å². The minimum atomic E-state index is 0. The van der Waals surface area contributed by atoms with Crippen LogP contribution in [0.25, 0.3) is 0 Å². The third kappa shape index (κ3) is 71.2. The van der Waals surface area contributed by atoms with Crippen LogP contribution >= 0.6 is 0 Å². The molecular formula is C4H8N2O2Y3-2.